The number of hydrogen-bond donors (Lipinski definition) is 1. The van der Waals surface area contributed by atoms with E-state index in [4.69, 9.17) is 4.43 Å². The summed E-state index contributed by atoms with van der Waals surface area (Å²) < 4.78 is 6.08. The molecule has 1 aromatic rings. The fraction of sp³-hybridized carbons (Fsp3) is 0.600. The summed E-state index contributed by atoms with van der Waals surface area (Å²) in [6.07, 6.45) is 1.11. The average molecular weight is 263 g/mol. The van der Waals surface area contributed by atoms with Crippen LogP contribution < -0.4 is 9.74 Å². The van der Waals surface area contributed by atoms with Gasteiger partial charge in [0.2, 0.25) is 8.32 Å². The van der Waals surface area contributed by atoms with Gasteiger partial charge in [-0.25, -0.2) is 0 Å². The van der Waals surface area contributed by atoms with Crippen molar-refractivity contribution < 1.29 is 4.43 Å². The molecule has 100 valence electrons. The van der Waals surface area contributed by atoms with Gasteiger partial charge >= 0.3 is 0 Å². The van der Waals surface area contributed by atoms with Gasteiger partial charge in [0, 0.05) is 6.04 Å². The number of benzene rings is 1. The summed E-state index contributed by atoms with van der Waals surface area (Å²) in [5.41, 5.74) is 2.92. The molecule has 18 heavy (non-hydrogen) atoms. The molecule has 0 fully saturated rings. The zero-order valence-electron chi connectivity index (χ0n) is 12.2. The zero-order chi connectivity index (χ0) is 13.3. The summed E-state index contributed by atoms with van der Waals surface area (Å²) in [6, 6.07) is 7.14. The number of fused-ring (bicyclic) bond motifs is 1. The Bertz CT molecular complexity index is 423. The van der Waals surface area contributed by atoms with Crippen LogP contribution in [0.25, 0.3) is 0 Å². The molecule has 0 saturated carbocycles. The largest absolute Gasteiger partial charge is 0.544 e. The maximum atomic E-state index is 6.08. The predicted octanol–water partition coefficient (Wildman–Crippen LogP) is 3.74. The molecule has 0 aliphatic carbocycles. The number of rotatable bonds is 3. The van der Waals surface area contributed by atoms with Gasteiger partial charge in [0.25, 0.3) is 0 Å². The van der Waals surface area contributed by atoms with E-state index in [0.29, 0.717) is 12.0 Å². The molecule has 1 N–H and O–H groups in total. The highest BCUT2D eigenvalue weighted by Crippen LogP contribution is 2.31. The van der Waals surface area contributed by atoms with Crippen molar-refractivity contribution in [1.29, 1.82) is 0 Å². The minimum Gasteiger partial charge on any atom is -0.544 e. The van der Waals surface area contributed by atoms with E-state index in [0.717, 1.165) is 18.7 Å². The van der Waals surface area contributed by atoms with Gasteiger partial charge in [-0.05, 0) is 61.8 Å². The minimum atomic E-state index is -1.50. The molecule has 0 radical (unpaired) electrons. The van der Waals surface area contributed by atoms with Crippen LogP contribution in [0.2, 0.25) is 19.6 Å². The highest BCUT2D eigenvalue weighted by molar-refractivity contribution is 6.70. The van der Waals surface area contributed by atoms with E-state index in [1.807, 2.05) is 0 Å². The topological polar surface area (TPSA) is 21.3 Å². The first kappa shape index (κ1) is 13.6. The molecule has 2 nitrogen and oxygen atoms in total. The van der Waals surface area contributed by atoms with Gasteiger partial charge in [0.05, 0.1) is 0 Å². The summed E-state index contributed by atoms with van der Waals surface area (Å²) in [4.78, 5) is 0. The lowest BCUT2D eigenvalue weighted by Gasteiger charge is -2.31. The first-order valence-electron chi connectivity index (χ1n) is 6.92. The summed E-state index contributed by atoms with van der Waals surface area (Å²) >= 11 is 0. The molecule has 1 heterocycles. The lowest BCUT2D eigenvalue weighted by atomic mass is 9.88. The van der Waals surface area contributed by atoms with Crippen molar-refractivity contribution in [2.45, 2.75) is 46.0 Å². The van der Waals surface area contributed by atoms with E-state index in [2.05, 4.69) is 57.0 Å². The second kappa shape index (κ2) is 5.06. The fourth-order valence-corrected chi connectivity index (χ4v) is 3.42. The SMILES string of the molecule is CC(C)C1NCCc2cc(O[Si](C)(C)C)ccc21. The van der Waals surface area contributed by atoms with Crippen LogP contribution in [0.1, 0.15) is 31.0 Å². The van der Waals surface area contributed by atoms with Crippen molar-refractivity contribution in [2.75, 3.05) is 6.54 Å². The Morgan fingerprint density at radius 3 is 2.61 bits per heavy atom. The molecule has 0 spiro atoms. The molecule has 2 rings (SSSR count). The average Bonchev–Trinajstić information content (AvgIpc) is 2.25. The third-order valence-electron chi connectivity index (χ3n) is 3.30. The molecule has 0 bridgehead atoms. The quantitative estimate of drug-likeness (QED) is 0.839. The lowest BCUT2D eigenvalue weighted by Crippen LogP contribution is -2.33. The van der Waals surface area contributed by atoms with Crippen LogP contribution in [-0.2, 0) is 6.42 Å². The van der Waals surface area contributed by atoms with Crippen LogP contribution in [0.3, 0.4) is 0 Å². The van der Waals surface area contributed by atoms with E-state index in [1.165, 1.54) is 11.1 Å². The van der Waals surface area contributed by atoms with E-state index in [-0.39, 0.29) is 0 Å². The predicted molar refractivity (Wildman–Crippen MR) is 79.7 cm³/mol. The summed E-state index contributed by atoms with van der Waals surface area (Å²) in [6.45, 7) is 12.3. The highest BCUT2D eigenvalue weighted by Gasteiger charge is 2.23. The molecule has 1 aromatic carbocycles. The Morgan fingerprint density at radius 2 is 2.00 bits per heavy atom. The monoisotopic (exact) mass is 263 g/mol. The van der Waals surface area contributed by atoms with Gasteiger partial charge in [0.1, 0.15) is 5.75 Å². The van der Waals surface area contributed by atoms with Gasteiger partial charge in [-0.3, -0.25) is 0 Å². The van der Waals surface area contributed by atoms with Crippen molar-refractivity contribution in [1.82, 2.24) is 5.32 Å². The molecule has 1 aliphatic heterocycles. The van der Waals surface area contributed by atoms with Gasteiger partial charge < -0.3 is 9.74 Å². The standard InChI is InChI=1S/C15H25NOSi/c1-11(2)15-14-7-6-13(17-18(3,4)5)10-12(14)8-9-16-15/h6-7,10-11,15-16H,8-9H2,1-5H3. The molecular formula is C15H25NOSi. The molecule has 0 saturated heterocycles. The Morgan fingerprint density at radius 1 is 1.28 bits per heavy atom. The van der Waals surface area contributed by atoms with E-state index in [1.54, 1.807) is 0 Å². The van der Waals surface area contributed by atoms with E-state index >= 15 is 0 Å². The molecule has 3 heteroatoms. The summed E-state index contributed by atoms with van der Waals surface area (Å²) in [5.74, 6) is 1.69. The first-order valence-corrected chi connectivity index (χ1v) is 10.3. The van der Waals surface area contributed by atoms with Gasteiger partial charge in [-0.2, -0.15) is 0 Å². The molecule has 1 aliphatic rings. The smallest absolute Gasteiger partial charge is 0.242 e. The van der Waals surface area contributed by atoms with Gasteiger partial charge in [-0.1, -0.05) is 19.9 Å². The van der Waals surface area contributed by atoms with Crippen LogP contribution in [0, 0.1) is 5.92 Å². The maximum Gasteiger partial charge on any atom is 0.242 e. The van der Waals surface area contributed by atoms with Crippen LogP contribution in [-0.4, -0.2) is 14.9 Å². The van der Waals surface area contributed by atoms with Gasteiger partial charge in [0.15, 0.2) is 0 Å². The molecule has 1 unspecified atom stereocenters. The van der Waals surface area contributed by atoms with Crippen LogP contribution in [0.15, 0.2) is 18.2 Å². The second-order valence-electron chi connectivity index (χ2n) is 6.50. The summed E-state index contributed by atoms with van der Waals surface area (Å²) in [7, 11) is -1.50. The third kappa shape index (κ3) is 3.15. The Balaban J connectivity index is 2.27. The first-order chi connectivity index (χ1) is 8.37. The lowest BCUT2D eigenvalue weighted by molar-refractivity contribution is 0.394. The normalized spacial score (nSPS) is 19.8. The van der Waals surface area contributed by atoms with E-state index < -0.39 is 8.32 Å². The van der Waals surface area contributed by atoms with Crippen LogP contribution in [0.5, 0.6) is 5.75 Å². The number of hydrogen-bond acceptors (Lipinski definition) is 2. The van der Waals surface area contributed by atoms with Crippen LogP contribution >= 0.6 is 0 Å². The molecule has 0 aromatic heterocycles. The maximum absolute atomic E-state index is 6.08. The fourth-order valence-electron chi connectivity index (χ4n) is 2.59. The Labute approximate surface area is 112 Å². The van der Waals surface area contributed by atoms with Crippen molar-refractivity contribution >= 4 is 8.32 Å². The van der Waals surface area contributed by atoms with Crippen molar-refractivity contribution in [2.24, 2.45) is 5.92 Å². The second-order valence-corrected chi connectivity index (χ2v) is 10.9. The van der Waals surface area contributed by atoms with Crippen LogP contribution in [0.4, 0.5) is 0 Å². The summed E-state index contributed by atoms with van der Waals surface area (Å²) in [5, 5.41) is 3.61. The van der Waals surface area contributed by atoms with Crippen molar-refractivity contribution in [3.8, 4) is 5.75 Å². The van der Waals surface area contributed by atoms with Crippen molar-refractivity contribution in [3.05, 3.63) is 29.3 Å². The zero-order valence-corrected chi connectivity index (χ0v) is 13.2. The molecule has 1 atom stereocenters. The van der Waals surface area contributed by atoms with E-state index in [9.17, 15) is 0 Å². The number of nitrogens with one attached hydrogen (secondary N) is 1. The molecular weight excluding hydrogens is 238 g/mol. The minimum absolute atomic E-state index is 0.495. The third-order valence-corrected chi connectivity index (χ3v) is 4.15. The van der Waals surface area contributed by atoms with Gasteiger partial charge in [-0.15, -0.1) is 0 Å². The highest BCUT2D eigenvalue weighted by atomic mass is 28.4. The van der Waals surface area contributed by atoms with Crippen molar-refractivity contribution in [3.63, 3.8) is 0 Å². The molecule has 0 amide bonds. The Hall–Kier alpha value is -0.803. The Kier molecular flexibility index (Phi) is 3.83.